The van der Waals surface area contributed by atoms with E-state index >= 15 is 0 Å². The first-order valence-electron chi connectivity index (χ1n) is 7.13. The third kappa shape index (κ3) is 3.07. The molecule has 0 saturated carbocycles. The second-order valence-electron chi connectivity index (χ2n) is 5.19. The Morgan fingerprint density at radius 1 is 1.57 bits per heavy atom. The lowest BCUT2D eigenvalue weighted by molar-refractivity contribution is 0.0605. The van der Waals surface area contributed by atoms with Gasteiger partial charge in [-0.05, 0) is 11.4 Å². The van der Waals surface area contributed by atoms with E-state index in [0.29, 0.717) is 13.2 Å². The van der Waals surface area contributed by atoms with Crippen molar-refractivity contribution in [1.29, 1.82) is 0 Å². The fourth-order valence-electron chi connectivity index (χ4n) is 2.76. The van der Waals surface area contributed by atoms with Crippen molar-refractivity contribution in [2.75, 3.05) is 19.8 Å². The van der Waals surface area contributed by atoms with Crippen LogP contribution in [0, 0.1) is 0 Å². The van der Waals surface area contributed by atoms with Crippen molar-refractivity contribution in [3.63, 3.8) is 0 Å². The van der Waals surface area contributed by atoms with Crippen molar-refractivity contribution < 1.29 is 4.74 Å². The van der Waals surface area contributed by atoms with Crippen molar-refractivity contribution in [1.82, 2.24) is 19.9 Å². The van der Waals surface area contributed by atoms with Crippen molar-refractivity contribution >= 4 is 11.3 Å². The van der Waals surface area contributed by atoms with Crippen molar-refractivity contribution in [3.05, 3.63) is 46.4 Å². The first kappa shape index (κ1) is 14.4. The zero-order valence-corrected chi connectivity index (χ0v) is 13.1. The molecule has 21 heavy (non-hydrogen) atoms. The fourth-order valence-corrected chi connectivity index (χ4v) is 3.49. The first-order chi connectivity index (χ1) is 10.3. The number of aromatic nitrogens is 3. The molecule has 112 valence electrons. The molecule has 0 unspecified atom stereocenters. The Kier molecular flexibility index (Phi) is 4.48. The Morgan fingerprint density at radius 2 is 2.48 bits per heavy atom. The van der Waals surface area contributed by atoms with Gasteiger partial charge in [0, 0.05) is 31.4 Å². The maximum absolute atomic E-state index is 5.70. The number of thiophene rings is 1. The first-order valence-corrected chi connectivity index (χ1v) is 8.01. The van der Waals surface area contributed by atoms with Crippen LogP contribution < -0.4 is 0 Å². The van der Waals surface area contributed by atoms with Crippen LogP contribution in [-0.2, 0) is 24.8 Å². The molecule has 3 heterocycles. The van der Waals surface area contributed by atoms with Crippen LogP contribution in [0.15, 0.2) is 30.2 Å². The molecule has 0 bridgehead atoms. The number of aryl methyl sites for hydroxylation is 1. The predicted octanol–water partition coefficient (Wildman–Crippen LogP) is 2.18. The third-order valence-electron chi connectivity index (χ3n) is 3.82. The highest BCUT2D eigenvalue weighted by molar-refractivity contribution is 7.09. The minimum Gasteiger partial charge on any atom is -0.375 e. The van der Waals surface area contributed by atoms with Crippen molar-refractivity contribution in [2.45, 2.75) is 19.0 Å². The monoisotopic (exact) mass is 304 g/mol. The average Bonchev–Trinajstić information content (AvgIpc) is 3.11. The standard InChI is InChI=1S/C15H20N4OS/c1-3-8-20-11-14-15-13(18(2)17-16-15)6-7-19(14)10-12-5-4-9-21-12/h3-5,9,14H,1,6-8,10-11H2,2H3/t14-/m1/s1. The van der Waals surface area contributed by atoms with Gasteiger partial charge in [-0.3, -0.25) is 9.58 Å². The van der Waals surface area contributed by atoms with E-state index in [9.17, 15) is 0 Å². The smallest absolute Gasteiger partial charge is 0.105 e. The lowest BCUT2D eigenvalue weighted by atomic mass is 10.0. The molecule has 0 N–H and O–H groups in total. The second kappa shape index (κ2) is 6.51. The van der Waals surface area contributed by atoms with E-state index in [1.54, 1.807) is 17.4 Å². The molecule has 0 amide bonds. The molecule has 6 heteroatoms. The Hall–Kier alpha value is -1.50. The van der Waals surface area contributed by atoms with Crippen LogP contribution in [0.4, 0.5) is 0 Å². The Morgan fingerprint density at radius 3 is 3.24 bits per heavy atom. The van der Waals surface area contributed by atoms with Gasteiger partial charge in [-0.25, -0.2) is 0 Å². The van der Waals surface area contributed by atoms with Crippen molar-refractivity contribution in [3.8, 4) is 0 Å². The third-order valence-corrected chi connectivity index (χ3v) is 4.68. The molecule has 2 aromatic rings. The van der Waals surface area contributed by atoms with Crippen LogP contribution in [0.1, 0.15) is 22.3 Å². The quantitative estimate of drug-likeness (QED) is 0.606. The van der Waals surface area contributed by atoms with E-state index in [1.807, 2.05) is 11.7 Å². The van der Waals surface area contributed by atoms with Gasteiger partial charge in [0.2, 0.25) is 0 Å². The number of fused-ring (bicyclic) bond motifs is 1. The summed E-state index contributed by atoms with van der Waals surface area (Å²) in [5.74, 6) is 0. The maximum atomic E-state index is 5.70. The Labute approximate surface area is 128 Å². The van der Waals surface area contributed by atoms with Gasteiger partial charge in [0.1, 0.15) is 5.69 Å². The number of hydrogen-bond donors (Lipinski definition) is 0. The molecule has 0 aromatic carbocycles. The molecule has 3 rings (SSSR count). The molecule has 1 aliphatic heterocycles. The van der Waals surface area contributed by atoms with Crippen LogP contribution >= 0.6 is 11.3 Å². The minimum absolute atomic E-state index is 0.171. The maximum Gasteiger partial charge on any atom is 0.105 e. The van der Waals surface area contributed by atoms with E-state index in [0.717, 1.165) is 25.2 Å². The van der Waals surface area contributed by atoms with Gasteiger partial charge in [-0.2, -0.15) is 0 Å². The van der Waals surface area contributed by atoms with E-state index in [-0.39, 0.29) is 6.04 Å². The van der Waals surface area contributed by atoms with E-state index in [1.165, 1.54) is 10.6 Å². The van der Waals surface area contributed by atoms with Gasteiger partial charge < -0.3 is 4.74 Å². The number of rotatable bonds is 6. The molecule has 2 aromatic heterocycles. The van der Waals surface area contributed by atoms with Gasteiger partial charge in [-0.1, -0.05) is 17.4 Å². The highest BCUT2D eigenvalue weighted by Crippen LogP contribution is 2.30. The van der Waals surface area contributed by atoms with Crippen LogP contribution in [0.5, 0.6) is 0 Å². The molecular formula is C15H20N4OS. The number of ether oxygens (including phenoxy) is 1. The summed E-state index contributed by atoms with van der Waals surface area (Å²) in [4.78, 5) is 3.81. The zero-order chi connectivity index (χ0) is 14.7. The van der Waals surface area contributed by atoms with Gasteiger partial charge in [0.15, 0.2) is 0 Å². The van der Waals surface area contributed by atoms with Crippen LogP contribution in [0.2, 0.25) is 0 Å². The van der Waals surface area contributed by atoms with Gasteiger partial charge in [-0.15, -0.1) is 23.0 Å². The molecule has 1 atom stereocenters. The molecule has 0 fully saturated rings. The Bertz CT molecular complexity index is 593. The molecular weight excluding hydrogens is 284 g/mol. The highest BCUT2D eigenvalue weighted by atomic mass is 32.1. The summed E-state index contributed by atoms with van der Waals surface area (Å²) in [5, 5.41) is 10.7. The van der Waals surface area contributed by atoms with Crippen LogP contribution in [0.25, 0.3) is 0 Å². The summed E-state index contributed by atoms with van der Waals surface area (Å²) >= 11 is 1.79. The fraction of sp³-hybridized carbons (Fsp3) is 0.467. The van der Waals surface area contributed by atoms with Crippen LogP contribution in [-0.4, -0.2) is 39.7 Å². The van der Waals surface area contributed by atoms with E-state index in [2.05, 4.69) is 39.3 Å². The summed E-state index contributed by atoms with van der Waals surface area (Å²) in [6.07, 6.45) is 2.77. The molecule has 0 aliphatic carbocycles. The molecule has 0 saturated heterocycles. The highest BCUT2D eigenvalue weighted by Gasteiger charge is 2.31. The molecule has 0 radical (unpaired) electrons. The SMILES string of the molecule is C=CCOC[C@@H]1c2nnn(C)c2CCN1Cc1cccs1. The molecule has 1 aliphatic rings. The summed E-state index contributed by atoms with van der Waals surface area (Å²) in [7, 11) is 1.96. The molecule has 5 nitrogen and oxygen atoms in total. The van der Waals surface area contributed by atoms with Gasteiger partial charge >= 0.3 is 0 Å². The van der Waals surface area contributed by atoms with E-state index < -0.39 is 0 Å². The zero-order valence-electron chi connectivity index (χ0n) is 12.2. The lowest BCUT2D eigenvalue weighted by Gasteiger charge is -2.34. The number of hydrogen-bond acceptors (Lipinski definition) is 5. The second-order valence-corrected chi connectivity index (χ2v) is 6.22. The average molecular weight is 304 g/mol. The van der Waals surface area contributed by atoms with Crippen molar-refractivity contribution in [2.24, 2.45) is 7.05 Å². The normalized spacial score (nSPS) is 18.6. The summed E-state index contributed by atoms with van der Waals surface area (Å²) in [6.45, 7) is 6.85. The molecule has 0 spiro atoms. The lowest BCUT2D eigenvalue weighted by Crippen LogP contribution is -2.37. The largest absolute Gasteiger partial charge is 0.375 e. The van der Waals surface area contributed by atoms with Crippen LogP contribution in [0.3, 0.4) is 0 Å². The summed E-state index contributed by atoms with van der Waals surface area (Å²) in [5.41, 5.74) is 2.29. The van der Waals surface area contributed by atoms with Gasteiger partial charge in [0.25, 0.3) is 0 Å². The summed E-state index contributed by atoms with van der Waals surface area (Å²) < 4.78 is 7.59. The van der Waals surface area contributed by atoms with E-state index in [4.69, 9.17) is 4.74 Å². The Balaban J connectivity index is 1.80. The minimum atomic E-state index is 0.171. The predicted molar refractivity (Wildman–Crippen MR) is 83.2 cm³/mol. The number of nitrogens with zero attached hydrogens (tertiary/aromatic N) is 4. The van der Waals surface area contributed by atoms with Gasteiger partial charge in [0.05, 0.1) is 24.9 Å². The topological polar surface area (TPSA) is 43.2 Å². The summed E-state index contributed by atoms with van der Waals surface area (Å²) in [6, 6.07) is 4.45.